The second-order valence-corrected chi connectivity index (χ2v) is 7.21. The predicted octanol–water partition coefficient (Wildman–Crippen LogP) is 1.35. The fraction of sp³-hybridized carbons (Fsp3) is 0.571. The highest BCUT2D eigenvalue weighted by Crippen LogP contribution is 2.20. The Balaban J connectivity index is 1.97. The van der Waals surface area contributed by atoms with Crippen molar-refractivity contribution in [1.29, 1.82) is 0 Å². The lowest BCUT2D eigenvalue weighted by molar-refractivity contribution is 0.159. The lowest BCUT2D eigenvalue weighted by Crippen LogP contribution is -2.32. The standard InChI is InChI=1S/C14H19F3N2O3S/c1-22-7-6-19-5-4-10(9-19)8-18-23(20,21)12-3-2-11(15)13(16)14(12)17/h2-3,10,18H,4-9H2,1H3/t10-/m0/s1. The van der Waals surface area contributed by atoms with Gasteiger partial charge >= 0.3 is 0 Å². The topological polar surface area (TPSA) is 58.6 Å². The van der Waals surface area contributed by atoms with Crippen LogP contribution in [0.3, 0.4) is 0 Å². The average molecular weight is 352 g/mol. The molecule has 1 aromatic rings. The summed E-state index contributed by atoms with van der Waals surface area (Å²) >= 11 is 0. The van der Waals surface area contributed by atoms with E-state index in [9.17, 15) is 21.6 Å². The maximum Gasteiger partial charge on any atom is 0.243 e. The van der Waals surface area contributed by atoms with E-state index in [1.54, 1.807) is 7.11 Å². The van der Waals surface area contributed by atoms with Gasteiger partial charge in [0.25, 0.3) is 0 Å². The summed E-state index contributed by atoms with van der Waals surface area (Å²) in [4.78, 5) is 1.26. The van der Waals surface area contributed by atoms with Crippen LogP contribution in [0.5, 0.6) is 0 Å². The third-order valence-corrected chi connectivity index (χ3v) is 5.27. The van der Waals surface area contributed by atoms with Gasteiger partial charge in [-0.1, -0.05) is 0 Å². The third kappa shape index (κ3) is 4.43. The first-order chi connectivity index (χ1) is 10.8. The first kappa shape index (κ1) is 18.2. The van der Waals surface area contributed by atoms with Crippen molar-refractivity contribution < 1.29 is 26.3 Å². The summed E-state index contributed by atoms with van der Waals surface area (Å²) in [5.41, 5.74) is 0. The average Bonchev–Trinajstić information content (AvgIpc) is 2.96. The van der Waals surface area contributed by atoms with Crippen LogP contribution in [0.15, 0.2) is 17.0 Å². The number of methoxy groups -OCH3 is 1. The molecule has 0 aromatic heterocycles. The molecule has 1 aliphatic heterocycles. The van der Waals surface area contributed by atoms with Crippen LogP contribution in [0.25, 0.3) is 0 Å². The van der Waals surface area contributed by atoms with E-state index in [0.29, 0.717) is 19.2 Å². The van der Waals surface area contributed by atoms with Crippen molar-refractivity contribution in [3.05, 3.63) is 29.6 Å². The summed E-state index contributed by atoms with van der Waals surface area (Å²) in [6.45, 7) is 3.00. The fourth-order valence-corrected chi connectivity index (χ4v) is 3.71. The Kier molecular flexibility index (Phi) is 6.01. The normalized spacial score (nSPS) is 19.4. The molecule has 1 aromatic carbocycles. The Hall–Kier alpha value is -1.16. The van der Waals surface area contributed by atoms with Crippen LogP contribution < -0.4 is 4.72 Å². The monoisotopic (exact) mass is 352 g/mol. The summed E-state index contributed by atoms with van der Waals surface area (Å²) in [6, 6.07) is 1.31. The molecule has 130 valence electrons. The van der Waals surface area contributed by atoms with Crippen LogP contribution in [-0.4, -0.2) is 53.2 Å². The van der Waals surface area contributed by atoms with Crippen molar-refractivity contribution in [3.63, 3.8) is 0 Å². The number of benzene rings is 1. The zero-order chi connectivity index (χ0) is 17.0. The van der Waals surface area contributed by atoms with Crippen molar-refractivity contribution in [2.45, 2.75) is 11.3 Å². The van der Waals surface area contributed by atoms with E-state index in [0.717, 1.165) is 25.6 Å². The quantitative estimate of drug-likeness (QED) is 0.753. The van der Waals surface area contributed by atoms with Gasteiger partial charge in [0, 0.05) is 26.7 Å². The molecule has 23 heavy (non-hydrogen) atoms. The van der Waals surface area contributed by atoms with Crippen LogP contribution in [0, 0.1) is 23.4 Å². The minimum atomic E-state index is -4.23. The molecule has 5 nitrogen and oxygen atoms in total. The highest BCUT2D eigenvalue weighted by atomic mass is 32.2. The minimum absolute atomic E-state index is 0.0787. The molecule has 1 N–H and O–H groups in total. The maximum absolute atomic E-state index is 13.6. The molecule has 2 rings (SSSR count). The Morgan fingerprint density at radius 3 is 2.74 bits per heavy atom. The van der Waals surface area contributed by atoms with Gasteiger partial charge in [0.15, 0.2) is 17.5 Å². The maximum atomic E-state index is 13.6. The molecule has 9 heteroatoms. The van der Waals surface area contributed by atoms with Gasteiger partial charge in [0.2, 0.25) is 10.0 Å². The largest absolute Gasteiger partial charge is 0.383 e. The fourth-order valence-electron chi connectivity index (χ4n) is 2.52. The molecule has 1 saturated heterocycles. The summed E-state index contributed by atoms with van der Waals surface area (Å²) in [5, 5.41) is 0. The Morgan fingerprint density at radius 1 is 1.30 bits per heavy atom. The summed E-state index contributed by atoms with van der Waals surface area (Å²) in [6.07, 6.45) is 0.798. The van der Waals surface area contributed by atoms with E-state index in [-0.39, 0.29) is 12.5 Å². The molecular formula is C14H19F3N2O3S. The highest BCUT2D eigenvalue weighted by Gasteiger charge is 2.27. The number of likely N-dealkylation sites (tertiary alicyclic amines) is 1. The number of nitrogens with zero attached hydrogens (tertiary/aromatic N) is 1. The molecule has 1 heterocycles. The number of nitrogens with one attached hydrogen (secondary N) is 1. The van der Waals surface area contributed by atoms with Gasteiger partial charge in [-0.3, -0.25) is 0 Å². The van der Waals surface area contributed by atoms with E-state index in [2.05, 4.69) is 9.62 Å². The summed E-state index contributed by atoms with van der Waals surface area (Å²) in [7, 11) is -2.62. The zero-order valence-electron chi connectivity index (χ0n) is 12.7. The van der Waals surface area contributed by atoms with Crippen molar-refractivity contribution in [2.24, 2.45) is 5.92 Å². The van der Waals surface area contributed by atoms with Gasteiger partial charge < -0.3 is 9.64 Å². The number of hydrogen-bond donors (Lipinski definition) is 1. The van der Waals surface area contributed by atoms with E-state index in [4.69, 9.17) is 4.74 Å². The summed E-state index contributed by atoms with van der Waals surface area (Å²) < 4.78 is 71.0. The second-order valence-electron chi connectivity index (χ2n) is 5.47. The van der Waals surface area contributed by atoms with Gasteiger partial charge in [-0.25, -0.2) is 26.3 Å². The lowest BCUT2D eigenvalue weighted by atomic mass is 10.1. The summed E-state index contributed by atoms with van der Waals surface area (Å²) in [5.74, 6) is -4.84. The molecule has 1 fully saturated rings. The van der Waals surface area contributed by atoms with Crippen LogP contribution in [0.1, 0.15) is 6.42 Å². The van der Waals surface area contributed by atoms with E-state index in [1.807, 2.05) is 0 Å². The van der Waals surface area contributed by atoms with Gasteiger partial charge in [0.05, 0.1) is 6.61 Å². The highest BCUT2D eigenvalue weighted by molar-refractivity contribution is 7.89. The van der Waals surface area contributed by atoms with E-state index in [1.165, 1.54) is 0 Å². The third-order valence-electron chi connectivity index (χ3n) is 3.83. The number of halogens is 3. The molecule has 0 unspecified atom stereocenters. The van der Waals surface area contributed by atoms with Crippen molar-refractivity contribution in [3.8, 4) is 0 Å². The molecule has 0 spiro atoms. The molecule has 0 aliphatic carbocycles. The number of sulfonamides is 1. The van der Waals surface area contributed by atoms with Crippen molar-refractivity contribution in [2.75, 3.05) is 39.9 Å². The zero-order valence-corrected chi connectivity index (χ0v) is 13.5. The first-order valence-electron chi connectivity index (χ1n) is 7.19. The molecule has 0 radical (unpaired) electrons. The first-order valence-corrected chi connectivity index (χ1v) is 8.68. The van der Waals surface area contributed by atoms with Crippen LogP contribution in [0.4, 0.5) is 13.2 Å². The number of ether oxygens (including phenoxy) is 1. The van der Waals surface area contributed by atoms with Crippen molar-refractivity contribution >= 4 is 10.0 Å². The Morgan fingerprint density at radius 2 is 2.04 bits per heavy atom. The lowest BCUT2D eigenvalue weighted by Gasteiger charge is -2.15. The van der Waals surface area contributed by atoms with Crippen LogP contribution >= 0.6 is 0 Å². The Labute approximate surface area is 133 Å². The molecule has 0 amide bonds. The van der Waals surface area contributed by atoms with Gasteiger partial charge in [-0.05, 0) is 31.0 Å². The second kappa shape index (κ2) is 7.61. The minimum Gasteiger partial charge on any atom is -0.383 e. The molecular weight excluding hydrogens is 333 g/mol. The molecule has 0 bridgehead atoms. The van der Waals surface area contributed by atoms with Crippen LogP contribution in [-0.2, 0) is 14.8 Å². The van der Waals surface area contributed by atoms with Gasteiger partial charge in [-0.15, -0.1) is 0 Å². The SMILES string of the molecule is COCCN1CC[C@@H](CNS(=O)(=O)c2ccc(F)c(F)c2F)C1. The Bertz CT molecular complexity index is 655. The molecule has 1 aliphatic rings. The van der Waals surface area contributed by atoms with Gasteiger partial charge in [-0.2, -0.15) is 0 Å². The van der Waals surface area contributed by atoms with Gasteiger partial charge in [0.1, 0.15) is 4.90 Å². The van der Waals surface area contributed by atoms with Crippen LogP contribution in [0.2, 0.25) is 0 Å². The van der Waals surface area contributed by atoms with E-state index >= 15 is 0 Å². The number of rotatable bonds is 7. The smallest absolute Gasteiger partial charge is 0.243 e. The number of hydrogen-bond acceptors (Lipinski definition) is 4. The predicted molar refractivity (Wildman–Crippen MR) is 77.9 cm³/mol. The van der Waals surface area contributed by atoms with E-state index < -0.39 is 32.4 Å². The molecule has 0 saturated carbocycles. The van der Waals surface area contributed by atoms with Crippen molar-refractivity contribution in [1.82, 2.24) is 9.62 Å². The molecule has 1 atom stereocenters.